The lowest BCUT2D eigenvalue weighted by atomic mass is 10.1. The van der Waals surface area contributed by atoms with Crippen LogP contribution in [-0.2, 0) is 0 Å². The van der Waals surface area contributed by atoms with E-state index in [4.69, 9.17) is 5.84 Å². The van der Waals surface area contributed by atoms with E-state index in [1.165, 1.54) is 4.90 Å². The molecule has 1 aliphatic heterocycles. The predicted molar refractivity (Wildman–Crippen MR) is 76.8 cm³/mol. The molecule has 3 N–H and O–H groups in total. The molecule has 1 aromatic rings. The molecule has 21 heavy (non-hydrogen) atoms. The Bertz CT molecular complexity index is 515. The zero-order chi connectivity index (χ0) is 15.6. The molecule has 0 saturated carbocycles. The number of anilines is 1. The first-order valence-electron chi connectivity index (χ1n) is 6.85. The normalized spacial score (nSPS) is 18.8. The summed E-state index contributed by atoms with van der Waals surface area (Å²) in [6, 6.07) is 2.28. The van der Waals surface area contributed by atoms with Gasteiger partial charge in [0.1, 0.15) is 5.69 Å². The van der Waals surface area contributed by atoms with E-state index >= 15 is 0 Å². The Kier molecular flexibility index (Phi) is 4.74. The highest BCUT2D eigenvalue weighted by molar-refractivity contribution is 5.94. The third kappa shape index (κ3) is 3.30. The molecule has 1 atom stereocenters. The third-order valence-electron chi connectivity index (χ3n) is 3.94. The van der Waals surface area contributed by atoms with Crippen molar-refractivity contribution in [1.82, 2.24) is 9.80 Å². The van der Waals surface area contributed by atoms with Crippen LogP contribution in [0.3, 0.4) is 0 Å². The van der Waals surface area contributed by atoms with Gasteiger partial charge in [-0.05, 0) is 38.6 Å². The number of benzene rings is 1. The van der Waals surface area contributed by atoms with Crippen molar-refractivity contribution in [1.29, 1.82) is 0 Å². The zero-order valence-electron chi connectivity index (χ0n) is 12.2. The van der Waals surface area contributed by atoms with Crippen LogP contribution in [0.2, 0.25) is 0 Å². The number of carbonyl (C=O) groups excluding carboxylic acids is 1. The average Bonchev–Trinajstić information content (AvgIpc) is 2.83. The van der Waals surface area contributed by atoms with Gasteiger partial charge in [0.2, 0.25) is 0 Å². The topological polar surface area (TPSA) is 61.6 Å². The first kappa shape index (κ1) is 15.7. The first-order chi connectivity index (χ1) is 9.93. The van der Waals surface area contributed by atoms with Crippen LogP contribution >= 0.6 is 0 Å². The van der Waals surface area contributed by atoms with Crippen LogP contribution in [0.1, 0.15) is 23.2 Å². The second-order valence-electron chi connectivity index (χ2n) is 5.42. The second-order valence-corrected chi connectivity index (χ2v) is 5.42. The Morgan fingerprint density at radius 2 is 2.10 bits per heavy atom. The first-order valence-corrected chi connectivity index (χ1v) is 6.85. The van der Waals surface area contributed by atoms with E-state index in [1.807, 2.05) is 12.5 Å². The molecular formula is C14H20F2N4O. The van der Waals surface area contributed by atoms with Crippen molar-refractivity contribution in [2.24, 2.45) is 5.84 Å². The van der Waals surface area contributed by atoms with E-state index in [2.05, 4.69) is 4.90 Å². The van der Waals surface area contributed by atoms with Gasteiger partial charge in [-0.15, -0.1) is 0 Å². The summed E-state index contributed by atoms with van der Waals surface area (Å²) in [7, 11) is 3.65. The maximum Gasteiger partial charge on any atom is 0.253 e. The molecule has 1 amide bonds. The van der Waals surface area contributed by atoms with E-state index in [-0.39, 0.29) is 5.56 Å². The zero-order valence-corrected chi connectivity index (χ0v) is 12.2. The second kappa shape index (κ2) is 6.36. The largest absolute Gasteiger partial charge is 0.340 e. The van der Waals surface area contributed by atoms with Gasteiger partial charge < -0.3 is 15.2 Å². The smallest absolute Gasteiger partial charge is 0.253 e. The molecule has 1 heterocycles. The van der Waals surface area contributed by atoms with Crippen molar-refractivity contribution in [3.8, 4) is 0 Å². The molecule has 1 saturated heterocycles. The quantitative estimate of drug-likeness (QED) is 0.652. The van der Waals surface area contributed by atoms with Gasteiger partial charge in [0.05, 0.1) is 0 Å². The lowest BCUT2D eigenvalue weighted by molar-refractivity contribution is 0.0760. The highest BCUT2D eigenvalue weighted by atomic mass is 19.1. The molecule has 5 nitrogen and oxygen atoms in total. The Balaban J connectivity index is 2.12. The summed E-state index contributed by atoms with van der Waals surface area (Å²) in [6.07, 6.45) is 2.12. The van der Waals surface area contributed by atoms with Crippen molar-refractivity contribution >= 4 is 11.6 Å². The fourth-order valence-electron chi connectivity index (χ4n) is 2.66. The number of likely N-dealkylation sites (N-methyl/N-ethyl adjacent to an activating group) is 2. The van der Waals surface area contributed by atoms with Gasteiger partial charge in [0, 0.05) is 25.2 Å². The number of hydrogen-bond donors (Lipinski definition) is 2. The van der Waals surface area contributed by atoms with Crippen LogP contribution in [0.15, 0.2) is 12.1 Å². The number of hydrogen-bond acceptors (Lipinski definition) is 4. The lowest BCUT2D eigenvalue weighted by Crippen LogP contribution is -2.39. The third-order valence-corrected chi connectivity index (χ3v) is 3.94. The molecule has 1 aliphatic rings. The Labute approximate surface area is 122 Å². The van der Waals surface area contributed by atoms with Crippen molar-refractivity contribution in [3.05, 3.63) is 29.3 Å². The predicted octanol–water partition coefficient (Wildman–Crippen LogP) is 1.42. The van der Waals surface area contributed by atoms with Crippen molar-refractivity contribution in [2.45, 2.75) is 18.9 Å². The van der Waals surface area contributed by atoms with Crippen LogP contribution in [0.25, 0.3) is 0 Å². The molecule has 0 radical (unpaired) electrons. The summed E-state index contributed by atoms with van der Waals surface area (Å²) in [5.41, 5.74) is 1.48. The van der Waals surface area contributed by atoms with Crippen LogP contribution in [0, 0.1) is 11.6 Å². The van der Waals surface area contributed by atoms with Gasteiger partial charge in [-0.3, -0.25) is 10.6 Å². The molecule has 7 heteroatoms. The number of nitrogens with one attached hydrogen (secondary N) is 1. The van der Waals surface area contributed by atoms with Gasteiger partial charge >= 0.3 is 0 Å². The van der Waals surface area contributed by atoms with Crippen molar-refractivity contribution < 1.29 is 13.6 Å². The molecule has 0 spiro atoms. The van der Waals surface area contributed by atoms with Crippen LogP contribution < -0.4 is 11.3 Å². The van der Waals surface area contributed by atoms with Crippen molar-refractivity contribution in [3.63, 3.8) is 0 Å². The fraction of sp³-hybridized carbons (Fsp3) is 0.500. The maximum atomic E-state index is 13.6. The molecular weight excluding hydrogens is 278 g/mol. The van der Waals surface area contributed by atoms with E-state index in [0.29, 0.717) is 12.6 Å². The number of likely N-dealkylation sites (tertiary alicyclic amines) is 1. The molecule has 0 aromatic heterocycles. The number of nitrogen functional groups attached to an aromatic ring is 1. The maximum absolute atomic E-state index is 13.6. The Morgan fingerprint density at radius 1 is 1.48 bits per heavy atom. The summed E-state index contributed by atoms with van der Waals surface area (Å²) < 4.78 is 27.3. The number of nitrogens with two attached hydrogens (primary N) is 1. The summed E-state index contributed by atoms with van der Waals surface area (Å²) in [6.45, 7) is 1.54. The van der Waals surface area contributed by atoms with E-state index < -0.39 is 23.2 Å². The number of carbonyl (C=O) groups is 1. The van der Waals surface area contributed by atoms with Gasteiger partial charge in [0.25, 0.3) is 5.91 Å². The molecule has 1 aromatic carbocycles. The Morgan fingerprint density at radius 3 is 2.57 bits per heavy atom. The highest BCUT2D eigenvalue weighted by Crippen LogP contribution is 2.21. The summed E-state index contributed by atoms with van der Waals surface area (Å²) in [4.78, 5) is 15.9. The fourth-order valence-corrected chi connectivity index (χ4v) is 2.66. The van der Waals surface area contributed by atoms with Gasteiger partial charge in [-0.25, -0.2) is 8.78 Å². The minimum atomic E-state index is -0.882. The number of halogens is 2. The number of amides is 1. The van der Waals surface area contributed by atoms with E-state index in [0.717, 1.165) is 31.5 Å². The number of hydrazine groups is 1. The monoisotopic (exact) mass is 298 g/mol. The Hall–Kier alpha value is -1.73. The molecule has 2 rings (SSSR count). The SMILES string of the molecule is CN(CC1CCCN1C)C(=O)c1cc(F)c(NN)c(F)c1. The molecule has 1 fully saturated rings. The summed E-state index contributed by atoms with van der Waals surface area (Å²) >= 11 is 0. The minimum Gasteiger partial charge on any atom is -0.340 e. The van der Waals surface area contributed by atoms with Gasteiger partial charge in [-0.2, -0.15) is 0 Å². The number of nitrogens with zero attached hydrogens (tertiary/aromatic N) is 2. The molecule has 116 valence electrons. The van der Waals surface area contributed by atoms with Crippen LogP contribution in [0.5, 0.6) is 0 Å². The van der Waals surface area contributed by atoms with Crippen LogP contribution in [0.4, 0.5) is 14.5 Å². The molecule has 0 bridgehead atoms. The van der Waals surface area contributed by atoms with Crippen molar-refractivity contribution in [2.75, 3.05) is 32.6 Å². The molecule has 0 aliphatic carbocycles. The van der Waals surface area contributed by atoms with Gasteiger partial charge in [-0.1, -0.05) is 0 Å². The van der Waals surface area contributed by atoms with Crippen LogP contribution in [-0.4, -0.2) is 48.9 Å². The van der Waals surface area contributed by atoms with E-state index in [1.54, 1.807) is 7.05 Å². The standard InChI is InChI=1S/C14H20F2N4O/c1-19-5-3-4-10(19)8-20(2)14(21)9-6-11(15)13(18-17)12(16)7-9/h6-7,10,18H,3-5,8,17H2,1-2H3. The highest BCUT2D eigenvalue weighted by Gasteiger charge is 2.25. The number of rotatable bonds is 4. The molecule has 1 unspecified atom stereocenters. The lowest BCUT2D eigenvalue weighted by Gasteiger charge is -2.26. The summed E-state index contributed by atoms with van der Waals surface area (Å²) in [5, 5.41) is 0. The van der Waals surface area contributed by atoms with Gasteiger partial charge in [0.15, 0.2) is 11.6 Å². The van der Waals surface area contributed by atoms with E-state index in [9.17, 15) is 13.6 Å². The summed E-state index contributed by atoms with van der Waals surface area (Å²) in [5.74, 6) is 2.86. The average molecular weight is 298 g/mol. The minimum absolute atomic E-state index is 0.0212.